The molecular formula is C15H15BrF2N2S. The van der Waals surface area contributed by atoms with E-state index in [-0.39, 0.29) is 17.7 Å². The smallest absolute Gasteiger partial charge is 0.137 e. The number of halogens is 3. The van der Waals surface area contributed by atoms with E-state index in [1.807, 2.05) is 0 Å². The highest BCUT2D eigenvalue weighted by Gasteiger charge is 2.11. The highest BCUT2D eigenvalue weighted by molar-refractivity contribution is 9.10. The van der Waals surface area contributed by atoms with Gasteiger partial charge in [-0.3, -0.25) is 11.3 Å². The van der Waals surface area contributed by atoms with E-state index in [0.29, 0.717) is 21.5 Å². The quantitative estimate of drug-likeness (QED) is 0.458. The van der Waals surface area contributed by atoms with Crippen molar-refractivity contribution < 1.29 is 8.78 Å². The first-order valence-corrected chi connectivity index (χ1v) is 8.15. The van der Waals surface area contributed by atoms with Gasteiger partial charge in [0.15, 0.2) is 0 Å². The average Bonchev–Trinajstić information content (AvgIpc) is 2.48. The number of hydrogen-bond donors (Lipinski definition) is 2. The minimum Gasteiger partial charge on any atom is -0.271 e. The molecule has 2 rings (SSSR count). The maximum Gasteiger partial charge on any atom is 0.137 e. The maximum atomic E-state index is 13.5. The molecule has 0 bridgehead atoms. The van der Waals surface area contributed by atoms with Gasteiger partial charge < -0.3 is 0 Å². The summed E-state index contributed by atoms with van der Waals surface area (Å²) >= 11 is 4.56. The Bertz CT molecular complexity index is 610. The molecule has 112 valence electrons. The number of benzene rings is 2. The van der Waals surface area contributed by atoms with E-state index in [0.717, 1.165) is 5.56 Å². The summed E-state index contributed by atoms with van der Waals surface area (Å²) in [6.45, 7) is 0. The summed E-state index contributed by atoms with van der Waals surface area (Å²) in [6, 6.07) is 11.5. The van der Waals surface area contributed by atoms with Gasteiger partial charge in [0.05, 0.1) is 4.47 Å². The fourth-order valence-electron chi connectivity index (χ4n) is 1.87. The Balaban J connectivity index is 1.97. The Hall–Kier alpha value is -0.950. The molecule has 21 heavy (non-hydrogen) atoms. The summed E-state index contributed by atoms with van der Waals surface area (Å²) < 4.78 is 27.2. The first-order chi connectivity index (χ1) is 10.1. The SMILES string of the molecule is NNC(CSc1ccccc1F)Cc1ccc(F)c(Br)c1. The highest BCUT2D eigenvalue weighted by atomic mass is 79.9. The number of hydrazine groups is 1. The first kappa shape index (κ1) is 16.4. The molecule has 0 radical (unpaired) electrons. The predicted octanol–water partition coefficient (Wildman–Crippen LogP) is 3.89. The molecule has 0 aliphatic heterocycles. The van der Waals surface area contributed by atoms with Gasteiger partial charge in [0.25, 0.3) is 0 Å². The van der Waals surface area contributed by atoms with Crippen molar-refractivity contribution in [3.8, 4) is 0 Å². The van der Waals surface area contributed by atoms with E-state index in [1.165, 1.54) is 23.9 Å². The molecule has 6 heteroatoms. The lowest BCUT2D eigenvalue weighted by Crippen LogP contribution is -2.38. The summed E-state index contributed by atoms with van der Waals surface area (Å²) in [7, 11) is 0. The summed E-state index contributed by atoms with van der Waals surface area (Å²) in [5.74, 6) is 5.64. The number of thioether (sulfide) groups is 1. The van der Waals surface area contributed by atoms with E-state index < -0.39 is 0 Å². The molecular weight excluding hydrogens is 358 g/mol. The molecule has 2 aromatic rings. The van der Waals surface area contributed by atoms with Gasteiger partial charge in [-0.2, -0.15) is 0 Å². The Morgan fingerprint density at radius 2 is 1.90 bits per heavy atom. The van der Waals surface area contributed by atoms with Crippen LogP contribution in [0.3, 0.4) is 0 Å². The lowest BCUT2D eigenvalue weighted by Gasteiger charge is -2.16. The van der Waals surface area contributed by atoms with Gasteiger partial charge in [-0.1, -0.05) is 18.2 Å². The Morgan fingerprint density at radius 1 is 1.14 bits per heavy atom. The van der Waals surface area contributed by atoms with Gasteiger partial charge in [0.1, 0.15) is 11.6 Å². The molecule has 0 saturated heterocycles. The van der Waals surface area contributed by atoms with E-state index in [4.69, 9.17) is 5.84 Å². The van der Waals surface area contributed by atoms with Crippen LogP contribution in [0.1, 0.15) is 5.56 Å². The molecule has 0 aliphatic rings. The van der Waals surface area contributed by atoms with Crippen molar-refractivity contribution in [2.75, 3.05) is 5.75 Å². The maximum absolute atomic E-state index is 13.5. The van der Waals surface area contributed by atoms with Crippen molar-refractivity contribution in [3.05, 3.63) is 64.1 Å². The van der Waals surface area contributed by atoms with Gasteiger partial charge in [-0.15, -0.1) is 11.8 Å². The number of nitrogens with two attached hydrogens (primary N) is 1. The lowest BCUT2D eigenvalue weighted by atomic mass is 10.1. The third-order valence-electron chi connectivity index (χ3n) is 2.98. The van der Waals surface area contributed by atoms with Gasteiger partial charge in [0.2, 0.25) is 0 Å². The minimum atomic E-state index is -0.295. The fourth-order valence-corrected chi connectivity index (χ4v) is 3.27. The monoisotopic (exact) mass is 372 g/mol. The van der Waals surface area contributed by atoms with Crippen LogP contribution in [0.5, 0.6) is 0 Å². The molecule has 0 aromatic heterocycles. The second-order valence-corrected chi connectivity index (χ2v) is 6.47. The number of rotatable bonds is 6. The zero-order valence-electron chi connectivity index (χ0n) is 11.2. The van der Waals surface area contributed by atoms with E-state index >= 15 is 0 Å². The summed E-state index contributed by atoms with van der Waals surface area (Å²) in [5, 5.41) is 0. The van der Waals surface area contributed by atoms with Crippen LogP contribution in [-0.2, 0) is 6.42 Å². The van der Waals surface area contributed by atoms with Crippen LogP contribution in [0.25, 0.3) is 0 Å². The predicted molar refractivity (Wildman–Crippen MR) is 86.0 cm³/mol. The second kappa shape index (κ2) is 7.89. The molecule has 2 nitrogen and oxygen atoms in total. The zero-order chi connectivity index (χ0) is 15.2. The van der Waals surface area contributed by atoms with Crippen molar-refractivity contribution in [1.29, 1.82) is 0 Å². The van der Waals surface area contributed by atoms with Crippen molar-refractivity contribution >= 4 is 27.7 Å². The van der Waals surface area contributed by atoms with Crippen molar-refractivity contribution in [1.82, 2.24) is 5.43 Å². The lowest BCUT2D eigenvalue weighted by molar-refractivity contribution is 0.571. The second-order valence-electron chi connectivity index (χ2n) is 4.56. The van der Waals surface area contributed by atoms with E-state index in [2.05, 4.69) is 21.4 Å². The third kappa shape index (κ3) is 4.78. The summed E-state index contributed by atoms with van der Waals surface area (Å²) in [5.41, 5.74) is 3.68. The van der Waals surface area contributed by atoms with Crippen LogP contribution >= 0.6 is 27.7 Å². The third-order valence-corrected chi connectivity index (χ3v) is 4.80. The zero-order valence-corrected chi connectivity index (χ0v) is 13.6. The first-order valence-electron chi connectivity index (χ1n) is 6.37. The largest absolute Gasteiger partial charge is 0.271 e. The fraction of sp³-hybridized carbons (Fsp3) is 0.200. The van der Waals surface area contributed by atoms with Gasteiger partial charge >= 0.3 is 0 Å². The number of nitrogens with one attached hydrogen (secondary N) is 1. The molecule has 0 aliphatic carbocycles. The summed E-state index contributed by atoms with van der Waals surface area (Å²) in [6.07, 6.45) is 0.636. The Morgan fingerprint density at radius 3 is 2.57 bits per heavy atom. The normalized spacial score (nSPS) is 12.4. The van der Waals surface area contributed by atoms with Crippen molar-refractivity contribution in [2.45, 2.75) is 17.4 Å². The topological polar surface area (TPSA) is 38.0 Å². The van der Waals surface area contributed by atoms with Crippen LogP contribution in [0, 0.1) is 11.6 Å². The molecule has 0 spiro atoms. The average molecular weight is 373 g/mol. The molecule has 0 amide bonds. The van der Waals surface area contributed by atoms with Crippen molar-refractivity contribution in [2.24, 2.45) is 5.84 Å². The molecule has 0 saturated carbocycles. The van der Waals surface area contributed by atoms with Gasteiger partial charge in [0, 0.05) is 16.7 Å². The van der Waals surface area contributed by atoms with Crippen LogP contribution in [0.2, 0.25) is 0 Å². The highest BCUT2D eigenvalue weighted by Crippen LogP contribution is 2.23. The molecule has 3 N–H and O–H groups in total. The Labute approximate surface area is 135 Å². The molecule has 0 heterocycles. The summed E-state index contributed by atoms with van der Waals surface area (Å²) in [4.78, 5) is 0.595. The van der Waals surface area contributed by atoms with Crippen LogP contribution in [0.4, 0.5) is 8.78 Å². The Kier molecular flexibility index (Phi) is 6.17. The van der Waals surface area contributed by atoms with Crippen molar-refractivity contribution in [3.63, 3.8) is 0 Å². The molecule has 1 atom stereocenters. The standard InChI is InChI=1S/C15H15BrF2N2S/c16-12-8-10(5-6-13(12)17)7-11(20-19)9-21-15-4-2-1-3-14(15)18/h1-6,8,11,20H,7,9,19H2. The van der Waals surface area contributed by atoms with Crippen LogP contribution in [-0.4, -0.2) is 11.8 Å². The minimum absolute atomic E-state index is 0.0352. The molecule has 2 aromatic carbocycles. The van der Waals surface area contributed by atoms with Gasteiger partial charge in [-0.05, 0) is 52.2 Å². The van der Waals surface area contributed by atoms with Crippen LogP contribution in [0.15, 0.2) is 51.8 Å². The molecule has 1 unspecified atom stereocenters. The van der Waals surface area contributed by atoms with Crippen LogP contribution < -0.4 is 11.3 Å². The van der Waals surface area contributed by atoms with E-state index in [1.54, 1.807) is 30.3 Å². The van der Waals surface area contributed by atoms with E-state index in [9.17, 15) is 8.78 Å². The molecule has 0 fully saturated rings. The van der Waals surface area contributed by atoms with Gasteiger partial charge in [-0.25, -0.2) is 8.78 Å². The number of hydrogen-bond acceptors (Lipinski definition) is 3.